The molecule has 3 heteroatoms. The molecule has 98 valence electrons. The van der Waals surface area contributed by atoms with Gasteiger partial charge < -0.3 is 5.32 Å². The highest BCUT2D eigenvalue weighted by atomic mass is 16.2. The maximum atomic E-state index is 11.9. The van der Waals surface area contributed by atoms with Gasteiger partial charge in [0, 0.05) is 12.6 Å². The zero-order valence-corrected chi connectivity index (χ0v) is 11.1. The zero-order valence-electron chi connectivity index (χ0n) is 11.1. The van der Waals surface area contributed by atoms with Crippen molar-refractivity contribution in [3.63, 3.8) is 0 Å². The Morgan fingerprint density at radius 2 is 2.11 bits per heavy atom. The number of carbonyl (C=O) groups excluding carboxylic acids is 1. The van der Waals surface area contributed by atoms with Gasteiger partial charge in [-0.3, -0.25) is 9.69 Å². The Morgan fingerprint density at radius 1 is 1.33 bits per heavy atom. The predicted octanol–water partition coefficient (Wildman–Crippen LogP) is 2.18. The van der Waals surface area contributed by atoms with Crippen LogP contribution in [0.4, 0.5) is 0 Å². The summed E-state index contributed by atoms with van der Waals surface area (Å²) in [6, 6.07) is 10.6. The molecule has 0 bridgehead atoms. The molecule has 1 fully saturated rings. The number of likely N-dealkylation sites (tertiary alicyclic amines) is 1. The lowest BCUT2D eigenvalue weighted by Gasteiger charge is -2.32. The van der Waals surface area contributed by atoms with Gasteiger partial charge in [-0.05, 0) is 31.9 Å². The van der Waals surface area contributed by atoms with Crippen LogP contribution in [0.3, 0.4) is 0 Å². The SMILES string of the molecule is C[C@@H]1CCCCN1CC(=O)NCc1ccccc1. The molecule has 1 heterocycles. The fraction of sp³-hybridized carbons (Fsp3) is 0.533. The molecule has 1 amide bonds. The van der Waals surface area contributed by atoms with Gasteiger partial charge in [-0.15, -0.1) is 0 Å². The smallest absolute Gasteiger partial charge is 0.234 e. The van der Waals surface area contributed by atoms with Crippen molar-refractivity contribution in [3.05, 3.63) is 35.9 Å². The van der Waals surface area contributed by atoms with Crippen molar-refractivity contribution in [3.8, 4) is 0 Å². The highest BCUT2D eigenvalue weighted by molar-refractivity contribution is 5.78. The van der Waals surface area contributed by atoms with E-state index >= 15 is 0 Å². The van der Waals surface area contributed by atoms with Crippen LogP contribution in [0, 0.1) is 0 Å². The average molecular weight is 246 g/mol. The van der Waals surface area contributed by atoms with E-state index in [2.05, 4.69) is 17.1 Å². The monoisotopic (exact) mass is 246 g/mol. The summed E-state index contributed by atoms with van der Waals surface area (Å²) in [5.41, 5.74) is 1.15. The Balaban J connectivity index is 1.75. The summed E-state index contributed by atoms with van der Waals surface area (Å²) >= 11 is 0. The first-order valence-electron chi connectivity index (χ1n) is 6.80. The van der Waals surface area contributed by atoms with Gasteiger partial charge in [0.05, 0.1) is 6.54 Å². The molecule has 0 aromatic heterocycles. The van der Waals surface area contributed by atoms with Gasteiger partial charge in [-0.2, -0.15) is 0 Å². The minimum Gasteiger partial charge on any atom is -0.351 e. The van der Waals surface area contributed by atoms with Crippen molar-refractivity contribution in [2.75, 3.05) is 13.1 Å². The van der Waals surface area contributed by atoms with E-state index in [9.17, 15) is 4.79 Å². The summed E-state index contributed by atoms with van der Waals surface area (Å²) in [6.45, 7) is 4.43. The van der Waals surface area contributed by atoms with Gasteiger partial charge in [0.25, 0.3) is 0 Å². The fourth-order valence-corrected chi connectivity index (χ4v) is 2.43. The van der Waals surface area contributed by atoms with E-state index in [1.165, 1.54) is 19.3 Å². The number of hydrogen-bond donors (Lipinski definition) is 1. The van der Waals surface area contributed by atoms with Crippen molar-refractivity contribution < 1.29 is 4.79 Å². The molecule has 0 radical (unpaired) electrons. The standard InChI is InChI=1S/C15H22N2O/c1-13-7-5-6-10-17(13)12-15(18)16-11-14-8-3-2-4-9-14/h2-4,8-9,13H,5-7,10-12H2,1H3,(H,16,18)/t13-/m1/s1. The Bertz CT molecular complexity index is 377. The van der Waals surface area contributed by atoms with Crippen molar-refractivity contribution >= 4 is 5.91 Å². The second-order valence-corrected chi connectivity index (χ2v) is 5.08. The summed E-state index contributed by atoms with van der Waals surface area (Å²) in [6.07, 6.45) is 3.73. The maximum Gasteiger partial charge on any atom is 0.234 e. The molecule has 1 aliphatic rings. The molecular weight excluding hydrogens is 224 g/mol. The van der Waals surface area contributed by atoms with E-state index in [-0.39, 0.29) is 5.91 Å². The van der Waals surface area contributed by atoms with Crippen LogP contribution >= 0.6 is 0 Å². The van der Waals surface area contributed by atoms with Gasteiger partial charge in [0.15, 0.2) is 0 Å². The molecule has 1 atom stereocenters. The fourth-order valence-electron chi connectivity index (χ4n) is 2.43. The van der Waals surface area contributed by atoms with E-state index in [0.29, 0.717) is 19.1 Å². The second kappa shape index (κ2) is 6.55. The highest BCUT2D eigenvalue weighted by Gasteiger charge is 2.20. The van der Waals surface area contributed by atoms with Crippen LogP contribution < -0.4 is 5.32 Å². The Kier molecular flexibility index (Phi) is 4.76. The number of carbonyl (C=O) groups is 1. The van der Waals surface area contributed by atoms with Gasteiger partial charge >= 0.3 is 0 Å². The Morgan fingerprint density at radius 3 is 2.83 bits per heavy atom. The van der Waals surface area contributed by atoms with Crippen LogP contribution in [0.25, 0.3) is 0 Å². The third-order valence-corrected chi connectivity index (χ3v) is 3.62. The maximum absolute atomic E-state index is 11.9. The molecule has 0 saturated carbocycles. The van der Waals surface area contributed by atoms with Crippen LogP contribution in [0.15, 0.2) is 30.3 Å². The largest absolute Gasteiger partial charge is 0.351 e. The van der Waals surface area contributed by atoms with E-state index < -0.39 is 0 Å². The highest BCUT2D eigenvalue weighted by Crippen LogP contribution is 2.15. The van der Waals surface area contributed by atoms with Gasteiger partial charge in [0.2, 0.25) is 5.91 Å². The number of piperidine rings is 1. The molecule has 0 unspecified atom stereocenters. The molecule has 1 aromatic rings. The van der Waals surface area contributed by atoms with Gasteiger partial charge in [0.1, 0.15) is 0 Å². The molecule has 0 spiro atoms. The minimum absolute atomic E-state index is 0.132. The first kappa shape index (κ1) is 13.1. The van der Waals surface area contributed by atoms with Gasteiger partial charge in [-0.1, -0.05) is 36.8 Å². The summed E-state index contributed by atoms with van der Waals surface area (Å²) in [4.78, 5) is 14.2. The molecule has 2 rings (SSSR count). The lowest BCUT2D eigenvalue weighted by Crippen LogP contribution is -2.44. The first-order valence-corrected chi connectivity index (χ1v) is 6.80. The lowest BCUT2D eigenvalue weighted by molar-refractivity contribution is -0.123. The number of hydrogen-bond acceptors (Lipinski definition) is 2. The van der Waals surface area contributed by atoms with E-state index in [1.807, 2.05) is 30.3 Å². The van der Waals surface area contributed by atoms with Crippen molar-refractivity contribution in [1.29, 1.82) is 0 Å². The number of nitrogens with zero attached hydrogens (tertiary/aromatic N) is 1. The van der Waals surface area contributed by atoms with Crippen molar-refractivity contribution in [2.24, 2.45) is 0 Å². The topological polar surface area (TPSA) is 32.3 Å². The number of nitrogens with one attached hydrogen (secondary N) is 1. The van der Waals surface area contributed by atoms with Crippen molar-refractivity contribution in [2.45, 2.75) is 38.8 Å². The van der Waals surface area contributed by atoms with Crippen molar-refractivity contribution in [1.82, 2.24) is 10.2 Å². The van der Waals surface area contributed by atoms with Gasteiger partial charge in [-0.25, -0.2) is 0 Å². The molecule has 1 aromatic carbocycles. The third-order valence-electron chi connectivity index (χ3n) is 3.62. The zero-order chi connectivity index (χ0) is 12.8. The lowest BCUT2D eigenvalue weighted by atomic mass is 10.0. The van der Waals surface area contributed by atoms with E-state index in [1.54, 1.807) is 0 Å². The number of benzene rings is 1. The van der Waals surface area contributed by atoms with Crippen LogP contribution in [0.1, 0.15) is 31.7 Å². The molecular formula is C15H22N2O. The molecule has 18 heavy (non-hydrogen) atoms. The second-order valence-electron chi connectivity index (χ2n) is 5.08. The van der Waals surface area contributed by atoms with E-state index in [0.717, 1.165) is 12.1 Å². The molecule has 0 aliphatic carbocycles. The molecule has 1 saturated heterocycles. The van der Waals surface area contributed by atoms with Crippen LogP contribution in [-0.4, -0.2) is 29.9 Å². The van der Waals surface area contributed by atoms with Crippen LogP contribution in [0.2, 0.25) is 0 Å². The number of rotatable bonds is 4. The van der Waals surface area contributed by atoms with E-state index in [4.69, 9.17) is 0 Å². The summed E-state index contributed by atoms with van der Waals surface area (Å²) in [5.74, 6) is 0.132. The third kappa shape index (κ3) is 3.84. The Hall–Kier alpha value is -1.35. The number of amides is 1. The molecule has 1 N–H and O–H groups in total. The molecule has 1 aliphatic heterocycles. The quantitative estimate of drug-likeness (QED) is 0.883. The van der Waals surface area contributed by atoms with Crippen LogP contribution in [-0.2, 0) is 11.3 Å². The minimum atomic E-state index is 0.132. The Labute approximate surface area is 109 Å². The average Bonchev–Trinajstić information content (AvgIpc) is 2.40. The summed E-state index contributed by atoms with van der Waals surface area (Å²) < 4.78 is 0. The summed E-state index contributed by atoms with van der Waals surface area (Å²) in [5, 5.41) is 2.99. The predicted molar refractivity (Wildman–Crippen MR) is 73.2 cm³/mol. The van der Waals surface area contributed by atoms with Crippen LogP contribution in [0.5, 0.6) is 0 Å². The first-order chi connectivity index (χ1) is 8.75. The molecule has 3 nitrogen and oxygen atoms in total. The summed E-state index contributed by atoms with van der Waals surface area (Å²) in [7, 11) is 0. The normalized spacial score (nSPS) is 20.6.